The Bertz CT molecular complexity index is 507. The van der Waals surface area contributed by atoms with Crippen molar-refractivity contribution < 1.29 is 9.53 Å². The van der Waals surface area contributed by atoms with Gasteiger partial charge < -0.3 is 15.4 Å². The minimum Gasteiger partial charge on any atom is -0.463 e. The normalized spacial score (nSPS) is 11.7. The Morgan fingerprint density at radius 2 is 2.09 bits per heavy atom. The molecule has 0 aliphatic rings. The second kappa shape index (κ2) is 10.2. The molecule has 0 saturated carbocycles. The van der Waals surface area contributed by atoms with Gasteiger partial charge >= 0.3 is 5.97 Å². The molecule has 0 fully saturated rings. The highest BCUT2D eigenvalue weighted by Crippen LogP contribution is 2.16. The highest BCUT2D eigenvalue weighted by atomic mass is 32.1. The Balaban J connectivity index is 2.39. The maximum atomic E-state index is 11.5. The fourth-order valence-corrected chi connectivity index (χ4v) is 2.78. The molecule has 2 N–H and O–H groups in total. The third-order valence-corrected chi connectivity index (χ3v) is 4.13. The van der Waals surface area contributed by atoms with Crippen molar-refractivity contribution in [2.24, 2.45) is 4.99 Å². The van der Waals surface area contributed by atoms with Gasteiger partial charge in [-0.05, 0) is 34.6 Å². The molecule has 1 aromatic heterocycles. The molecular formula is C16H28N4O2S. The van der Waals surface area contributed by atoms with E-state index in [2.05, 4.69) is 27.5 Å². The Labute approximate surface area is 142 Å². The van der Waals surface area contributed by atoms with E-state index in [1.807, 2.05) is 27.7 Å². The average Bonchev–Trinajstić information content (AvgIpc) is 2.76. The van der Waals surface area contributed by atoms with Crippen molar-refractivity contribution in [1.29, 1.82) is 0 Å². The summed E-state index contributed by atoms with van der Waals surface area (Å²) in [6, 6.07) is 0. The van der Waals surface area contributed by atoms with E-state index in [1.54, 1.807) is 11.3 Å². The van der Waals surface area contributed by atoms with Crippen LogP contribution in [-0.4, -0.2) is 42.7 Å². The van der Waals surface area contributed by atoms with Crippen LogP contribution >= 0.6 is 11.3 Å². The molecule has 0 saturated heterocycles. The number of thiazole rings is 1. The summed E-state index contributed by atoms with van der Waals surface area (Å²) < 4.78 is 5.10. The van der Waals surface area contributed by atoms with Gasteiger partial charge in [0.05, 0.1) is 23.2 Å². The third-order valence-electron chi connectivity index (χ3n) is 3.00. The minimum atomic E-state index is -0.197. The van der Waals surface area contributed by atoms with Gasteiger partial charge in [-0.25, -0.2) is 4.98 Å². The van der Waals surface area contributed by atoms with Crippen LogP contribution in [0.25, 0.3) is 0 Å². The number of hydrogen-bond acceptors (Lipinski definition) is 5. The molecule has 0 atom stereocenters. The number of aromatic nitrogens is 1. The lowest BCUT2D eigenvalue weighted by Gasteiger charge is -2.12. The first-order valence-corrected chi connectivity index (χ1v) is 8.88. The highest BCUT2D eigenvalue weighted by molar-refractivity contribution is 7.11. The molecule has 0 bridgehead atoms. The van der Waals surface area contributed by atoms with Crippen molar-refractivity contribution in [3.63, 3.8) is 0 Å². The first kappa shape index (κ1) is 19.4. The number of aryl methyl sites for hydroxylation is 2. The summed E-state index contributed by atoms with van der Waals surface area (Å²) in [5.74, 6) is 0.520. The highest BCUT2D eigenvalue weighted by Gasteiger charge is 2.06. The van der Waals surface area contributed by atoms with E-state index in [-0.39, 0.29) is 12.1 Å². The van der Waals surface area contributed by atoms with Gasteiger partial charge in [0, 0.05) is 30.9 Å². The third kappa shape index (κ3) is 7.97. The maximum Gasteiger partial charge on any atom is 0.307 e. The van der Waals surface area contributed by atoms with Crippen molar-refractivity contribution in [1.82, 2.24) is 15.6 Å². The molecule has 0 aliphatic carbocycles. The number of aliphatic imine (C=N–C) groups is 1. The van der Waals surface area contributed by atoms with Crippen LogP contribution in [-0.2, 0) is 16.0 Å². The molecule has 130 valence electrons. The van der Waals surface area contributed by atoms with E-state index in [9.17, 15) is 4.79 Å². The van der Waals surface area contributed by atoms with Gasteiger partial charge in [-0.2, -0.15) is 0 Å². The van der Waals surface area contributed by atoms with Gasteiger partial charge in [0.2, 0.25) is 0 Å². The summed E-state index contributed by atoms with van der Waals surface area (Å²) >= 11 is 1.72. The van der Waals surface area contributed by atoms with Gasteiger partial charge in [0.25, 0.3) is 0 Å². The van der Waals surface area contributed by atoms with Gasteiger partial charge in [0.15, 0.2) is 5.96 Å². The zero-order chi connectivity index (χ0) is 17.2. The number of guanidine groups is 1. The quantitative estimate of drug-likeness (QED) is 0.431. The van der Waals surface area contributed by atoms with E-state index in [0.29, 0.717) is 19.5 Å². The Morgan fingerprint density at radius 3 is 2.65 bits per heavy atom. The predicted molar refractivity (Wildman–Crippen MR) is 95.1 cm³/mol. The van der Waals surface area contributed by atoms with Gasteiger partial charge in [-0.15, -0.1) is 11.3 Å². The summed E-state index contributed by atoms with van der Waals surface area (Å²) in [6.07, 6.45) is 1.08. The first-order chi connectivity index (χ1) is 10.9. The Kier molecular flexibility index (Phi) is 8.61. The molecule has 6 nitrogen and oxygen atoms in total. The smallest absolute Gasteiger partial charge is 0.307 e. The number of rotatable bonds is 8. The second-order valence-corrected chi connectivity index (χ2v) is 6.76. The molecule has 7 heteroatoms. The molecule has 0 aromatic carbocycles. The maximum absolute atomic E-state index is 11.5. The monoisotopic (exact) mass is 340 g/mol. The molecule has 1 rings (SSSR count). The molecule has 0 aliphatic heterocycles. The molecule has 1 heterocycles. The summed E-state index contributed by atoms with van der Waals surface area (Å²) in [7, 11) is 0. The minimum absolute atomic E-state index is 0.0744. The van der Waals surface area contributed by atoms with Crippen LogP contribution in [0, 0.1) is 13.8 Å². The number of carbonyl (C=O) groups is 1. The van der Waals surface area contributed by atoms with Gasteiger partial charge in [-0.1, -0.05) is 0 Å². The lowest BCUT2D eigenvalue weighted by atomic mass is 10.4. The van der Waals surface area contributed by atoms with Crippen LogP contribution in [0.3, 0.4) is 0 Å². The van der Waals surface area contributed by atoms with Crippen LogP contribution in [0.15, 0.2) is 4.99 Å². The summed E-state index contributed by atoms with van der Waals surface area (Å²) in [4.78, 5) is 21.8. The molecular weight excluding hydrogens is 312 g/mol. The van der Waals surface area contributed by atoms with Crippen molar-refractivity contribution in [2.45, 2.75) is 53.6 Å². The van der Waals surface area contributed by atoms with Crippen LogP contribution in [0.5, 0.6) is 0 Å². The number of carbonyl (C=O) groups excluding carboxylic acids is 1. The number of ether oxygens (including phenoxy) is 1. The first-order valence-electron chi connectivity index (χ1n) is 8.07. The van der Waals surface area contributed by atoms with Gasteiger partial charge in [0.1, 0.15) is 0 Å². The van der Waals surface area contributed by atoms with Crippen molar-refractivity contribution in [2.75, 3.05) is 19.6 Å². The van der Waals surface area contributed by atoms with Crippen LogP contribution in [0.2, 0.25) is 0 Å². The second-order valence-electron chi connectivity index (χ2n) is 5.48. The predicted octanol–water partition coefficient (Wildman–Crippen LogP) is 2.20. The summed E-state index contributed by atoms with van der Waals surface area (Å²) in [5.41, 5.74) is 1.10. The number of nitrogens with zero attached hydrogens (tertiary/aromatic N) is 2. The molecule has 23 heavy (non-hydrogen) atoms. The topological polar surface area (TPSA) is 75.6 Å². The fourth-order valence-electron chi connectivity index (χ4n) is 1.86. The molecule has 0 radical (unpaired) electrons. The summed E-state index contributed by atoms with van der Waals surface area (Å²) in [5, 5.41) is 7.43. The van der Waals surface area contributed by atoms with E-state index >= 15 is 0 Å². The largest absolute Gasteiger partial charge is 0.463 e. The lowest BCUT2D eigenvalue weighted by molar-refractivity contribution is -0.147. The standard InChI is InChI=1S/C16H28N4O2S/c1-6-17-16(19-10-8-15(21)22-11(2)3)18-9-7-14-20-12(4)13(5)23-14/h11H,6-10H2,1-5H3,(H2,17,18,19). The average molecular weight is 340 g/mol. The van der Waals surface area contributed by atoms with E-state index in [1.165, 1.54) is 4.88 Å². The zero-order valence-electron chi connectivity index (χ0n) is 14.7. The van der Waals surface area contributed by atoms with Crippen molar-refractivity contribution in [3.05, 3.63) is 15.6 Å². The van der Waals surface area contributed by atoms with Crippen LogP contribution < -0.4 is 10.6 Å². The lowest BCUT2D eigenvalue weighted by Crippen LogP contribution is -2.38. The van der Waals surface area contributed by atoms with Crippen molar-refractivity contribution in [3.8, 4) is 0 Å². The molecule has 0 unspecified atom stereocenters. The van der Waals surface area contributed by atoms with Crippen LogP contribution in [0.1, 0.15) is 42.8 Å². The summed E-state index contributed by atoms with van der Waals surface area (Å²) in [6.45, 7) is 11.8. The van der Waals surface area contributed by atoms with E-state index in [4.69, 9.17) is 4.74 Å². The van der Waals surface area contributed by atoms with Crippen LogP contribution in [0.4, 0.5) is 0 Å². The molecule has 0 amide bonds. The number of nitrogens with one attached hydrogen (secondary N) is 2. The van der Waals surface area contributed by atoms with E-state index < -0.39 is 0 Å². The zero-order valence-corrected chi connectivity index (χ0v) is 15.5. The van der Waals surface area contributed by atoms with E-state index in [0.717, 1.165) is 29.6 Å². The van der Waals surface area contributed by atoms with Crippen molar-refractivity contribution >= 4 is 23.3 Å². The Hall–Kier alpha value is -1.63. The molecule has 0 spiro atoms. The number of esters is 1. The fraction of sp³-hybridized carbons (Fsp3) is 0.688. The Morgan fingerprint density at radius 1 is 1.35 bits per heavy atom. The number of hydrogen-bond donors (Lipinski definition) is 2. The SMILES string of the molecule is CCNC(=NCCc1nc(C)c(C)s1)NCCC(=O)OC(C)C. The van der Waals surface area contributed by atoms with Gasteiger partial charge in [-0.3, -0.25) is 9.79 Å². The molecule has 1 aromatic rings.